The number of amides is 1. The number of ether oxygens (including phenoxy) is 1. The van der Waals surface area contributed by atoms with Crippen molar-refractivity contribution in [2.75, 3.05) is 39.8 Å². The Morgan fingerprint density at radius 1 is 1.15 bits per heavy atom. The average molecular weight is 418 g/mol. The highest BCUT2D eigenvalue weighted by atomic mass is 35.5. The summed E-state index contributed by atoms with van der Waals surface area (Å²) >= 11 is 0. The topological polar surface area (TPSA) is 79.0 Å². The van der Waals surface area contributed by atoms with E-state index in [0.29, 0.717) is 38.0 Å². The van der Waals surface area contributed by atoms with Crippen molar-refractivity contribution < 1.29 is 17.9 Å². The number of nitrogens with one attached hydrogen (secondary N) is 1. The number of hydrogen-bond acceptors (Lipinski definition) is 5. The normalized spacial score (nSPS) is 24.1. The van der Waals surface area contributed by atoms with Crippen LogP contribution in [-0.4, -0.2) is 69.4 Å². The third-order valence-corrected chi connectivity index (χ3v) is 7.13. The molecule has 152 valence electrons. The molecule has 2 fully saturated rings. The highest BCUT2D eigenvalue weighted by Gasteiger charge is 2.33. The van der Waals surface area contributed by atoms with Gasteiger partial charge in [-0.15, -0.1) is 12.4 Å². The van der Waals surface area contributed by atoms with Gasteiger partial charge in [-0.1, -0.05) is 0 Å². The van der Waals surface area contributed by atoms with Crippen molar-refractivity contribution in [3.63, 3.8) is 0 Å². The fourth-order valence-corrected chi connectivity index (χ4v) is 5.08. The third-order valence-electron chi connectivity index (χ3n) is 5.22. The predicted molar refractivity (Wildman–Crippen MR) is 106 cm³/mol. The van der Waals surface area contributed by atoms with Crippen LogP contribution in [0.2, 0.25) is 0 Å². The number of piperidine rings is 1. The van der Waals surface area contributed by atoms with E-state index in [-0.39, 0.29) is 29.1 Å². The molecule has 0 saturated carbocycles. The van der Waals surface area contributed by atoms with E-state index in [1.165, 1.54) is 4.31 Å². The summed E-state index contributed by atoms with van der Waals surface area (Å²) in [5.41, 5.74) is 0. The first-order valence-corrected chi connectivity index (χ1v) is 10.5. The number of nitrogens with zero attached hydrogens (tertiary/aromatic N) is 2. The maximum atomic E-state index is 12.8. The molecule has 2 aliphatic heterocycles. The van der Waals surface area contributed by atoms with Gasteiger partial charge < -0.3 is 15.0 Å². The van der Waals surface area contributed by atoms with E-state index in [1.54, 1.807) is 31.4 Å². The van der Waals surface area contributed by atoms with Crippen molar-refractivity contribution in [1.82, 2.24) is 14.5 Å². The lowest BCUT2D eigenvalue weighted by atomic mass is 9.92. The van der Waals surface area contributed by atoms with Crippen LogP contribution >= 0.6 is 12.4 Å². The van der Waals surface area contributed by atoms with Gasteiger partial charge in [-0.3, -0.25) is 4.79 Å². The molecule has 2 atom stereocenters. The lowest BCUT2D eigenvalue weighted by molar-refractivity contribution is -0.137. The van der Waals surface area contributed by atoms with Crippen LogP contribution in [0.3, 0.4) is 0 Å². The second-order valence-electron chi connectivity index (χ2n) is 6.98. The number of halogens is 1. The molecule has 3 rings (SSSR count). The maximum Gasteiger partial charge on any atom is 0.243 e. The summed E-state index contributed by atoms with van der Waals surface area (Å²) in [7, 11) is -2.00. The highest BCUT2D eigenvalue weighted by molar-refractivity contribution is 7.89. The van der Waals surface area contributed by atoms with Gasteiger partial charge >= 0.3 is 0 Å². The summed E-state index contributed by atoms with van der Waals surface area (Å²) in [4.78, 5) is 14.8. The molecule has 9 heteroatoms. The predicted octanol–water partition coefficient (Wildman–Crippen LogP) is 1.34. The monoisotopic (exact) mass is 417 g/mol. The van der Waals surface area contributed by atoms with Crippen LogP contribution in [0.5, 0.6) is 5.75 Å². The van der Waals surface area contributed by atoms with Crippen LogP contribution in [0.4, 0.5) is 0 Å². The Labute approximate surface area is 167 Å². The van der Waals surface area contributed by atoms with Crippen molar-refractivity contribution in [2.45, 2.75) is 30.7 Å². The van der Waals surface area contributed by atoms with E-state index in [0.717, 1.165) is 19.4 Å². The van der Waals surface area contributed by atoms with Crippen LogP contribution in [0.25, 0.3) is 0 Å². The largest absolute Gasteiger partial charge is 0.497 e. The second-order valence-corrected chi connectivity index (χ2v) is 8.92. The summed E-state index contributed by atoms with van der Waals surface area (Å²) in [5, 5.41) is 3.36. The Morgan fingerprint density at radius 3 is 2.33 bits per heavy atom. The summed E-state index contributed by atoms with van der Waals surface area (Å²) in [6, 6.07) is 6.76. The van der Waals surface area contributed by atoms with Gasteiger partial charge in [-0.25, -0.2) is 8.42 Å². The first kappa shape index (κ1) is 21.9. The molecule has 0 spiro atoms. The lowest BCUT2D eigenvalue weighted by Crippen LogP contribution is -2.53. The first-order chi connectivity index (χ1) is 12.4. The Bertz CT molecular complexity index is 733. The zero-order chi connectivity index (χ0) is 18.7. The fraction of sp³-hybridized carbons (Fsp3) is 0.611. The molecule has 27 heavy (non-hydrogen) atoms. The fourth-order valence-electron chi connectivity index (χ4n) is 3.66. The van der Waals surface area contributed by atoms with Crippen LogP contribution in [0.1, 0.15) is 19.8 Å². The highest BCUT2D eigenvalue weighted by Crippen LogP contribution is 2.23. The average Bonchev–Trinajstić information content (AvgIpc) is 2.67. The number of piperazine rings is 1. The summed E-state index contributed by atoms with van der Waals surface area (Å²) in [6.45, 7) is 4.53. The smallest absolute Gasteiger partial charge is 0.243 e. The maximum absolute atomic E-state index is 12.8. The minimum atomic E-state index is -3.54. The number of carbonyl (C=O) groups excluding carboxylic acids is 1. The molecule has 2 saturated heterocycles. The molecule has 2 aliphatic rings. The van der Waals surface area contributed by atoms with Crippen molar-refractivity contribution in [2.24, 2.45) is 5.92 Å². The molecule has 0 unspecified atom stereocenters. The molecule has 0 bridgehead atoms. The third kappa shape index (κ3) is 4.93. The van der Waals surface area contributed by atoms with Gasteiger partial charge in [0.15, 0.2) is 0 Å². The van der Waals surface area contributed by atoms with Gasteiger partial charge in [0.05, 0.1) is 12.0 Å². The van der Waals surface area contributed by atoms with Gasteiger partial charge in [-0.05, 0) is 50.6 Å². The second kappa shape index (κ2) is 9.23. The molecule has 7 nitrogen and oxygen atoms in total. The molecule has 1 amide bonds. The SMILES string of the molecule is COc1ccc(S(=O)(=O)N2CCN(C(=O)[C@H]3CCN[C@@H](C)C3)CC2)cc1.Cl. The Kier molecular flexibility index (Phi) is 7.50. The number of sulfonamides is 1. The molecule has 1 aromatic rings. The molecule has 1 N–H and O–H groups in total. The van der Waals surface area contributed by atoms with E-state index in [4.69, 9.17) is 4.74 Å². The van der Waals surface area contributed by atoms with Crippen LogP contribution in [-0.2, 0) is 14.8 Å². The Hall–Kier alpha value is -1.35. The van der Waals surface area contributed by atoms with Crippen LogP contribution < -0.4 is 10.1 Å². The first-order valence-electron chi connectivity index (χ1n) is 9.08. The van der Waals surface area contributed by atoms with Gasteiger partial charge in [-0.2, -0.15) is 4.31 Å². The van der Waals surface area contributed by atoms with Crippen molar-refractivity contribution >= 4 is 28.3 Å². The summed E-state index contributed by atoms with van der Waals surface area (Å²) < 4.78 is 32.1. The van der Waals surface area contributed by atoms with E-state index in [1.807, 2.05) is 4.90 Å². The van der Waals surface area contributed by atoms with E-state index >= 15 is 0 Å². The molecule has 2 heterocycles. The Balaban J connectivity index is 0.00000261. The van der Waals surface area contributed by atoms with E-state index in [2.05, 4.69) is 12.2 Å². The summed E-state index contributed by atoms with van der Waals surface area (Å²) in [6.07, 6.45) is 1.71. The van der Waals surface area contributed by atoms with Crippen LogP contribution in [0, 0.1) is 5.92 Å². The molecule has 1 aromatic carbocycles. The van der Waals surface area contributed by atoms with Gasteiger partial charge in [0, 0.05) is 38.1 Å². The Morgan fingerprint density at radius 2 is 1.78 bits per heavy atom. The van der Waals surface area contributed by atoms with Crippen molar-refractivity contribution in [1.29, 1.82) is 0 Å². The van der Waals surface area contributed by atoms with Crippen molar-refractivity contribution in [3.05, 3.63) is 24.3 Å². The van der Waals surface area contributed by atoms with E-state index in [9.17, 15) is 13.2 Å². The quantitative estimate of drug-likeness (QED) is 0.799. The molecule has 0 aromatic heterocycles. The zero-order valence-electron chi connectivity index (χ0n) is 15.8. The van der Waals surface area contributed by atoms with E-state index < -0.39 is 10.0 Å². The number of benzene rings is 1. The molecule has 0 radical (unpaired) electrons. The standard InChI is InChI=1S/C18H27N3O4S.ClH/c1-14-13-15(7-8-19-14)18(22)20-9-11-21(12-10-20)26(23,24)17-5-3-16(25-2)4-6-17;/h3-6,14-15,19H,7-13H2,1-2H3;1H/t14-,15-;/m0./s1. The molecular formula is C18H28ClN3O4S. The molecule has 0 aliphatic carbocycles. The number of methoxy groups -OCH3 is 1. The number of rotatable bonds is 4. The molecular weight excluding hydrogens is 390 g/mol. The number of hydrogen-bond donors (Lipinski definition) is 1. The van der Waals surface area contributed by atoms with Gasteiger partial charge in [0.1, 0.15) is 5.75 Å². The van der Waals surface area contributed by atoms with Gasteiger partial charge in [0.2, 0.25) is 15.9 Å². The van der Waals surface area contributed by atoms with Crippen molar-refractivity contribution in [3.8, 4) is 5.75 Å². The van der Waals surface area contributed by atoms with Crippen LogP contribution in [0.15, 0.2) is 29.2 Å². The minimum absolute atomic E-state index is 0. The minimum Gasteiger partial charge on any atom is -0.497 e. The lowest BCUT2D eigenvalue weighted by Gasteiger charge is -2.37. The zero-order valence-corrected chi connectivity index (χ0v) is 17.4. The summed E-state index contributed by atoms with van der Waals surface area (Å²) in [5.74, 6) is 0.839. The van der Waals surface area contributed by atoms with Gasteiger partial charge in [0.25, 0.3) is 0 Å². The number of carbonyl (C=O) groups is 1.